The van der Waals surface area contributed by atoms with Crippen molar-refractivity contribution in [1.82, 2.24) is 15.1 Å². The quantitative estimate of drug-likeness (QED) is 0.866. The Hall–Kier alpha value is -1.29. The van der Waals surface area contributed by atoms with Crippen LogP contribution in [-0.2, 0) is 11.8 Å². The number of hydrogen-bond donors (Lipinski definition) is 1. The van der Waals surface area contributed by atoms with Gasteiger partial charge < -0.3 is 5.32 Å². The van der Waals surface area contributed by atoms with E-state index in [0.29, 0.717) is 11.2 Å². The minimum atomic E-state index is -0.0498. The van der Waals surface area contributed by atoms with E-state index < -0.39 is 0 Å². The summed E-state index contributed by atoms with van der Waals surface area (Å²) in [4.78, 5) is 11.8. The van der Waals surface area contributed by atoms with Crippen LogP contribution in [0.15, 0.2) is 6.08 Å². The molecule has 0 spiro atoms. The summed E-state index contributed by atoms with van der Waals surface area (Å²) < 4.78 is 1.61. The average molecular weight is 282 g/mol. The lowest BCUT2D eigenvalue weighted by atomic mass is 9.95. The SMILES string of the molecule is Cc1nn(C)c(Cl)c1/C=C/C(=O)NC1CCCCC1. The summed E-state index contributed by atoms with van der Waals surface area (Å²) in [6.07, 6.45) is 9.17. The molecule has 1 aliphatic carbocycles. The van der Waals surface area contributed by atoms with Gasteiger partial charge in [0.25, 0.3) is 0 Å². The highest BCUT2D eigenvalue weighted by atomic mass is 35.5. The van der Waals surface area contributed by atoms with Crippen molar-refractivity contribution in [2.45, 2.75) is 45.1 Å². The van der Waals surface area contributed by atoms with Gasteiger partial charge in [-0.15, -0.1) is 0 Å². The van der Waals surface area contributed by atoms with Gasteiger partial charge in [0, 0.05) is 24.7 Å². The maximum Gasteiger partial charge on any atom is 0.244 e. The van der Waals surface area contributed by atoms with Crippen LogP contribution in [0.4, 0.5) is 0 Å². The lowest BCUT2D eigenvalue weighted by molar-refractivity contribution is -0.117. The summed E-state index contributed by atoms with van der Waals surface area (Å²) >= 11 is 6.11. The fourth-order valence-electron chi connectivity index (χ4n) is 2.49. The van der Waals surface area contributed by atoms with Gasteiger partial charge >= 0.3 is 0 Å². The van der Waals surface area contributed by atoms with Crippen molar-refractivity contribution in [3.63, 3.8) is 0 Å². The first kappa shape index (κ1) is 14.1. The van der Waals surface area contributed by atoms with Gasteiger partial charge in [0.1, 0.15) is 5.15 Å². The van der Waals surface area contributed by atoms with Crippen LogP contribution < -0.4 is 5.32 Å². The number of carbonyl (C=O) groups excluding carboxylic acids is 1. The first-order valence-electron chi connectivity index (χ1n) is 6.75. The van der Waals surface area contributed by atoms with Gasteiger partial charge in [0.15, 0.2) is 0 Å². The second-order valence-electron chi connectivity index (χ2n) is 5.09. The van der Waals surface area contributed by atoms with Crippen LogP contribution in [0, 0.1) is 6.92 Å². The molecule has 1 N–H and O–H groups in total. The van der Waals surface area contributed by atoms with Gasteiger partial charge in [-0.05, 0) is 25.8 Å². The molecule has 0 atom stereocenters. The molecule has 0 saturated heterocycles. The molecule has 1 amide bonds. The molecule has 0 radical (unpaired) electrons. The van der Waals surface area contributed by atoms with Gasteiger partial charge in [-0.1, -0.05) is 30.9 Å². The third-order valence-corrected chi connectivity index (χ3v) is 4.00. The van der Waals surface area contributed by atoms with E-state index in [4.69, 9.17) is 11.6 Å². The van der Waals surface area contributed by atoms with E-state index in [9.17, 15) is 4.79 Å². The Kier molecular flexibility index (Phi) is 4.64. The standard InChI is InChI=1S/C14H20ClN3O/c1-10-12(14(15)18(2)17-10)8-9-13(19)16-11-6-4-3-5-7-11/h8-9,11H,3-7H2,1-2H3,(H,16,19)/b9-8+. The average Bonchev–Trinajstić information content (AvgIpc) is 2.62. The molecule has 1 aliphatic rings. The molecular weight excluding hydrogens is 262 g/mol. The van der Waals surface area contributed by atoms with E-state index in [1.165, 1.54) is 19.3 Å². The minimum Gasteiger partial charge on any atom is -0.350 e. The molecular formula is C14H20ClN3O. The zero-order valence-electron chi connectivity index (χ0n) is 11.4. The highest BCUT2D eigenvalue weighted by molar-refractivity contribution is 6.31. The van der Waals surface area contributed by atoms with Crippen molar-refractivity contribution < 1.29 is 4.79 Å². The Morgan fingerprint density at radius 1 is 1.42 bits per heavy atom. The Morgan fingerprint density at radius 3 is 2.68 bits per heavy atom. The van der Waals surface area contributed by atoms with E-state index in [-0.39, 0.29) is 5.91 Å². The molecule has 0 unspecified atom stereocenters. The maximum absolute atomic E-state index is 11.8. The first-order chi connectivity index (χ1) is 9.08. The largest absolute Gasteiger partial charge is 0.350 e. The third kappa shape index (κ3) is 3.60. The van der Waals surface area contributed by atoms with Crippen molar-refractivity contribution in [3.8, 4) is 0 Å². The molecule has 0 bridgehead atoms. The van der Waals surface area contributed by atoms with Crippen LogP contribution in [-0.4, -0.2) is 21.7 Å². The smallest absolute Gasteiger partial charge is 0.244 e. The van der Waals surface area contributed by atoms with E-state index in [2.05, 4.69) is 10.4 Å². The molecule has 19 heavy (non-hydrogen) atoms. The number of aromatic nitrogens is 2. The number of hydrogen-bond acceptors (Lipinski definition) is 2. The zero-order valence-corrected chi connectivity index (χ0v) is 12.2. The molecule has 5 heteroatoms. The third-order valence-electron chi connectivity index (χ3n) is 3.55. The summed E-state index contributed by atoms with van der Waals surface area (Å²) in [7, 11) is 1.79. The lowest BCUT2D eigenvalue weighted by Gasteiger charge is -2.21. The highest BCUT2D eigenvalue weighted by Gasteiger charge is 2.14. The topological polar surface area (TPSA) is 46.9 Å². The van der Waals surface area contributed by atoms with Gasteiger partial charge in [0.2, 0.25) is 5.91 Å². The van der Waals surface area contributed by atoms with Crippen molar-refractivity contribution >= 4 is 23.6 Å². The molecule has 0 aliphatic heterocycles. The molecule has 104 valence electrons. The molecule has 1 fully saturated rings. The summed E-state index contributed by atoms with van der Waals surface area (Å²) in [5.74, 6) is -0.0498. The number of rotatable bonds is 3. The van der Waals surface area contributed by atoms with Gasteiger partial charge in [0.05, 0.1) is 5.69 Å². The number of carbonyl (C=O) groups is 1. The number of halogens is 1. The van der Waals surface area contributed by atoms with E-state index in [1.54, 1.807) is 23.9 Å². The first-order valence-corrected chi connectivity index (χ1v) is 7.13. The predicted octanol–water partition coefficient (Wildman–Crippen LogP) is 2.84. The number of nitrogens with zero attached hydrogens (tertiary/aromatic N) is 2. The maximum atomic E-state index is 11.8. The number of amides is 1. The molecule has 4 nitrogen and oxygen atoms in total. The molecule has 1 heterocycles. The Balaban J connectivity index is 1.95. The molecule has 1 aromatic rings. The van der Waals surface area contributed by atoms with Crippen LogP contribution >= 0.6 is 11.6 Å². The lowest BCUT2D eigenvalue weighted by Crippen LogP contribution is -2.34. The normalized spacial score (nSPS) is 17.0. The van der Waals surface area contributed by atoms with Crippen molar-refractivity contribution in [3.05, 3.63) is 22.5 Å². The van der Waals surface area contributed by atoms with Crippen molar-refractivity contribution in [1.29, 1.82) is 0 Å². The molecule has 2 rings (SSSR count). The van der Waals surface area contributed by atoms with Crippen LogP contribution in [0.2, 0.25) is 5.15 Å². The summed E-state index contributed by atoms with van der Waals surface area (Å²) in [6, 6.07) is 0.330. The van der Waals surface area contributed by atoms with Gasteiger partial charge in [-0.25, -0.2) is 0 Å². The number of nitrogens with one attached hydrogen (secondary N) is 1. The Bertz CT molecular complexity index is 487. The van der Waals surface area contributed by atoms with Crippen LogP contribution in [0.3, 0.4) is 0 Å². The predicted molar refractivity (Wildman–Crippen MR) is 77.0 cm³/mol. The van der Waals surface area contributed by atoms with E-state index in [0.717, 1.165) is 24.1 Å². The Morgan fingerprint density at radius 2 is 2.11 bits per heavy atom. The van der Waals surface area contributed by atoms with Gasteiger partial charge in [-0.2, -0.15) is 5.10 Å². The zero-order chi connectivity index (χ0) is 13.8. The minimum absolute atomic E-state index is 0.0498. The van der Waals surface area contributed by atoms with Crippen LogP contribution in [0.5, 0.6) is 0 Å². The molecule has 0 aromatic carbocycles. The molecule has 1 aromatic heterocycles. The summed E-state index contributed by atoms with van der Waals surface area (Å²) in [5.41, 5.74) is 1.64. The fourth-order valence-corrected chi connectivity index (χ4v) is 2.73. The van der Waals surface area contributed by atoms with Crippen LogP contribution in [0.1, 0.15) is 43.4 Å². The van der Waals surface area contributed by atoms with E-state index in [1.807, 2.05) is 6.92 Å². The summed E-state index contributed by atoms with van der Waals surface area (Å²) in [5, 5.41) is 7.80. The molecule has 1 saturated carbocycles. The van der Waals surface area contributed by atoms with E-state index >= 15 is 0 Å². The van der Waals surface area contributed by atoms with Crippen molar-refractivity contribution in [2.75, 3.05) is 0 Å². The highest BCUT2D eigenvalue weighted by Crippen LogP contribution is 2.20. The fraction of sp³-hybridized carbons (Fsp3) is 0.571. The number of aryl methyl sites for hydroxylation is 2. The summed E-state index contributed by atoms with van der Waals surface area (Å²) in [6.45, 7) is 1.88. The monoisotopic (exact) mass is 281 g/mol. The second kappa shape index (κ2) is 6.24. The second-order valence-corrected chi connectivity index (χ2v) is 5.45. The van der Waals surface area contributed by atoms with Crippen molar-refractivity contribution in [2.24, 2.45) is 7.05 Å². The van der Waals surface area contributed by atoms with Crippen LogP contribution in [0.25, 0.3) is 6.08 Å². The van der Waals surface area contributed by atoms with Gasteiger partial charge in [-0.3, -0.25) is 9.48 Å². The Labute approximate surface area is 118 Å².